The van der Waals surface area contributed by atoms with Gasteiger partial charge in [0.05, 0.1) is 11.9 Å². The van der Waals surface area contributed by atoms with Crippen LogP contribution in [0.15, 0.2) is 0 Å². The van der Waals surface area contributed by atoms with Crippen molar-refractivity contribution < 1.29 is 13.2 Å². The molecule has 0 aromatic rings. The number of sulfone groups is 1. The third-order valence-corrected chi connectivity index (χ3v) is 3.57. The lowest BCUT2D eigenvalue weighted by Crippen LogP contribution is -2.31. The van der Waals surface area contributed by atoms with Crippen molar-refractivity contribution >= 4 is 9.84 Å². The number of nitrogens with one attached hydrogen (secondary N) is 1. The third-order valence-electron chi connectivity index (χ3n) is 2.62. The molecule has 2 unspecified atom stereocenters. The monoisotopic (exact) mass is 221 g/mol. The molecule has 0 saturated heterocycles. The summed E-state index contributed by atoms with van der Waals surface area (Å²) in [5.41, 5.74) is 0. The molecule has 1 aliphatic rings. The van der Waals surface area contributed by atoms with Crippen LogP contribution in [0.2, 0.25) is 0 Å². The Morgan fingerprint density at radius 3 is 2.64 bits per heavy atom. The van der Waals surface area contributed by atoms with E-state index in [0.717, 1.165) is 19.3 Å². The van der Waals surface area contributed by atoms with E-state index >= 15 is 0 Å². The fourth-order valence-corrected chi connectivity index (χ4v) is 2.28. The van der Waals surface area contributed by atoms with Crippen molar-refractivity contribution in [2.45, 2.75) is 31.4 Å². The molecule has 4 nitrogen and oxygen atoms in total. The Morgan fingerprint density at radius 2 is 2.14 bits per heavy atom. The first-order valence-electron chi connectivity index (χ1n) is 4.95. The highest BCUT2D eigenvalue weighted by molar-refractivity contribution is 7.90. The van der Waals surface area contributed by atoms with Crippen LogP contribution in [0.5, 0.6) is 0 Å². The van der Waals surface area contributed by atoms with Crippen LogP contribution < -0.4 is 5.32 Å². The van der Waals surface area contributed by atoms with Gasteiger partial charge in [0.2, 0.25) is 0 Å². The van der Waals surface area contributed by atoms with Gasteiger partial charge in [0.25, 0.3) is 0 Å². The molecule has 0 aliphatic heterocycles. The Balaban J connectivity index is 2.15. The summed E-state index contributed by atoms with van der Waals surface area (Å²) in [6.45, 7) is 0.555. The van der Waals surface area contributed by atoms with Crippen LogP contribution in [0.1, 0.15) is 19.3 Å². The first kappa shape index (κ1) is 11.9. The molecule has 0 bridgehead atoms. The van der Waals surface area contributed by atoms with E-state index in [2.05, 4.69) is 5.32 Å². The summed E-state index contributed by atoms with van der Waals surface area (Å²) < 4.78 is 27.0. The molecule has 0 spiro atoms. The molecule has 84 valence electrons. The number of ether oxygens (including phenoxy) is 1. The minimum Gasteiger partial charge on any atom is -0.381 e. The lowest BCUT2D eigenvalue weighted by molar-refractivity contribution is 0.107. The Bertz CT molecular complexity index is 263. The highest BCUT2D eigenvalue weighted by Crippen LogP contribution is 2.20. The minimum atomic E-state index is -2.83. The second-order valence-electron chi connectivity index (χ2n) is 3.95. The lowest BCUT2D eigenvalue weighted by Gasteiger charge is -2.11. The van der Waals surface area contributed by atoms with E-state index in [1.807, 2.05) is 0 Å². The maximum atomic E-state index is 10.9. The molecule has 0 heterocycles. The van der Waals surface area contributed by atoms with Crippen molar-refractivity contribution in [3.63, 3.8) is 0 Å². The van der Waals surface area contributed by atoms with Gasteiger partial charge in [-0.05, 0) is 19.3 Å². The molecule has 1 fully saturated rings. The van der Waals surface area contributed by atoms with Gasteiger partial charge in [-0.15, -0.1) is 0 Å². The van der Waals surface area contributed by atoms with Crippen LogP contribution in [0, 0.1) is 0 Å². The second-order valence-corrected chi connectivity index (χ2v) is 6.21. The maximum absolute atomic E-state index is 10.9. The van der Waals surface area contributed by atoms with Crippen LogP contribution in [-0.2, 0) is 14.6 Å². The molecule has 0 aromatic heterocycles. The van der Waals surface area contributed by atoms with Crippen molar-refractivity contribution in [1.82, 2.24) is 5.32 Å². The average Bonchev–Trinajstić information content (AvgIpc) is 2.50. The van der Waals surface area contributed by atoms with E-state index < -0.39 is 9.84 Å². The second kappa shape index (κ2) is 5.09. The van der Waals surface area contributed by atoms with Gasteiger partial charge < -0.3 is 10.1 Å². The van der Waals surface area contributed by atoms with Gasteiger partial charge in [0.15, 0.2) is 0 Å². The molecule has 1 saturated carbocycles. The first-order chi connectivity index (χ1) is 6.51. The smallest absolute Gasteiger partial charge is 0.148 e. The van der Waals surface area contributed by atoms with Crippen LogP contribution in [0.25, 0.3) is 0 Å². The molecule has 5 heteroatoms. The summed E-state index contributed by atoms with van der Waals surface area (Å²) in [4.78, 5) is 0. The van der Waals surface area contributed by atoms with Gasteiger partial charge in [-0.25, -0.2) is 8.42 Å². The van der Waals surface area contributed by atoms with E-state index in [9.17, 15) is 8.42 Å². The Hall–Kier alpha value is -0.130. The summed E-state index contributed by atoms with van der Waals surface area (Å²) in [5.74, 6) is 0.223. The topological polar surface area (TPSA) is 55.4 Å². The van der Waals surface area contributed by atoms with E-state index in [1.165, 1.54) is 6.26 Å². The van der Waals surface area contributed by atoms with Crippen molar-refractivity contribution in [2.24, 2.45) is 0 Å². The van der Waals surface area contributed by atoms with E-state index in [1.54, 1.807) is 7.11 Å². The summed E-state index contributed by atoms with van der Waals surface area (Å²) in [7, 11) is -1.10. The highest BCUT2D eigenvalue weighted by Gasteiger charge is 2.23. The summed E-state index contributed by atoms with van der Waals surface area (Å²) in [5, 5.41) is 3.24. The molecule has 14 heavy (non-hydrogen) atoms. The predicted octanol–water partition coefficient (Wildman–Crippen LogP) is 0.188. The molecule has 1 aliphatic carbocycles. The van der Waals surface area contributed by atoms with Crippen LogP contribution >= 0.6 is 0 Å². The molecule has 1 N–H and O–H groups in total. The fourth-order valence-electron chi connectivity index (χ4n) is 1.79. The zero-order chi connectivity index (χ0) is 10.6. The third kappa shape index (κ3) is 4.39. The number of methoxy groups -OCH3 is 1. The van der Waals surface area contributed by atoms with E-state index in [0.29, 0.717) is 18.7 Å². The minimum absolute atomic E-state index is 0.223. The summed E-state index contributed by atoms with van der Waals surface area (Å²) in [6, 6.07) is 0.432. The SMILES string of the molecule is COC1CCC(NCCS(C)(=O)=O)C1. The summed E-state index contributed by atoms with van der Waals surface area (Å²) >= 11 is 0. The standard InChI is InChI=1S/C9H19NO3S/c1-13-9-4-3-8(7-9)10-5-6-14(2,11)12/h8-10H,3-7H2,1-2H3. The zero-order valence-electron chi connectivity index (χ0n) is 8.82. The Kier molecular flexibility index (Phi) is 4.34. The van der Waals surface area contributed by atoms with Gasteiger partial charge in [-0.3, -0.25) is 0 Å². The van der Waals surface area contributed by atoms with Gasteiger partial charge >= 0.3 is 0 Å². The molecule has 0 radical (unpaired) electrons. The van der Waals surface area contributed by atoms with Crippen molar-refractivity contribution in [3.8, 4) is 0 Å². The Morgan fingerprint density at radius 1 is 1.43 bits per heavy atom. The summed E-state index contributed by atoms with van der Waals surface area (Å²) in [6.07, 6.45) is 4.78. The Labute approximate surface area is 85.9 Å². The number of rotatable bonds is 5. The molecule has 2 atom stereocenters. The maximum Gasteiger partial charge on any atom is 0.148 e. The van der Waals surface area contributed by atoms with Gasteiger partial charge in [0.1, 0.15) is 9.84 Å². The van der Waals surface area contributed by atoms with Crippen LogP contribution in [0.3, 0.4) is 0 Å². The fraction of sp³-hybridized carbons (Fsp3) is 1.00. The largest absolute Gasteiger partial charge is 0.381 e. The molecule has 0 aromatic carbocycles. The van der Waals surface area contributed by atoms with Crippen LogP contribution in [0.4, 0.5) is 0 Å². The number of hydrogen-bond donors (Lipinski definition) is 1. The van der Waals surface area contributed by atoms with Gasteiger partial charge in [-0.2, -0.15) is 0 Å². The van der Waals surface area contributed by atoms with Gasteiger partial charge in [0, 0.05) is 26.0 Å². The van der Waals surface area contributed by atoms with Crippen LogP contribution in [-0.4, -0.2) is 46.2 Å². The predicted molar refractivity (Wildman–Crippen MR) is 56.1 cm³/mol. The average molecular weight is 221 g/mol. The van der Waals surface area contributed by atoms with Crippen molar-refractivity contribution in [3.05, 3.63) is 0 Å². The van der Waals surface area contributed by atoms with Crippen molar-refractivity contribution in [1.29, 1.82) is 0 Å². The lowest BCUT2D eigenvalue weighted by atomic mass is 10.2. The first-order valence-corrected chi connectivity index (χ1v) is 7.01. The highest BCUT2D eigenvalue weighted by atomic mass is 32.2. The molecule has 0 amide bonds. The van der Waals surface area contributed by atoms with E-state index in [-0.39, 0.29) is 5.75 Å². The van der Waals surface area contributed by atoms with Crippen molar-refractivity contribution in [2.75, 3.05) is 25.7 Å². The quantitative estimate of drug-likeness (QED) is 0.720. The molecular weight excluding hydrogens is 202 g/mol. The van der Waals surface area contributed by atoms with Gasteiger partial charge in [-0.1, -0.05) is 0 Å². The van der Waals surface area contributed by atoms with E-state index in [4.69, 9.17) is 4.74 Å². The molecule has 1 rings (SSSR count). The zero-order valence-corrected chi connectivity index (χ0v) is 9.64. The normalized spacial score (nSPS) is 28.1. The molecular formula is C9H19NO3S. The number of hydrogen-bond acceptors (Lipinski definition) is 4.